The molecule has 0 spiro atoms. The molecule has 1 aromatic carbocycles. The number of carbonyl (C=O) groups is 1. The first-order valence-corrected chi connectivity index (χ1v) is 9.73. The minimum Gasteiger partial charge on any atom is -0.450 e. The van der Waals surface area contributed by atoms with Gasteiger partial charge in [-0.3, -0.25) is 0 Å². The number of esters is 1. The van der Waals surface area contributed by atoms with E-state index in [4.69, 9.17) is 4.74 Å². The number of rotatable bonds is 2. The highest BCUT2D eigenvalue weighted by Crippen LogP contribution is 2.26. The van der Waals surface area contributed by atoms with Crippen molar-refractivity contribution in [1.82, 2.24) is 0 Å². The Balaban J connectivity index is 2.20. The second-order valence-electron chi connectivity index (χ2n) is 5.58. The summed E-state index contributed by atoms with van der Waals surface area (Å²) in [4.78, 5) is 13.9. The van der Waals surface area contributed by atoms with E-state index >= 15 is 0 Å². The van der Waals surface area contributed by atoms with Crippen molar-refractivity contribution in [2.45, 2.75) is 25.4 Å². The van der Waals surface area contributed by atoms with Crippen molar-refractivity contribution in [2.24, 2.45) is 0 Å². The Morgan fingerprint density at radius 3 is 2.70 bits per heavy atom. The molecule has 2 rings (SSSR count). The summed E-state index contributed by atoms with van der Waals surface area (Å²) < 4.78 is 9.00. The normalized spacial score (nSPS) is 26.4. The van der Waals surface area contributed by atoms with Gasteiger partial charge in [-0.25, -0.2) is 4.79 Å². The molecule has 3 nitrogen and oxygen atoms in total. The SMILES string of the molecule is C[NH+]1CCCC(C)(OC(=O)c2cc(I)cc(I)c2I)C1. The van der Waals surface area contributed by atoms with Crippen LogP contribution in [0.5, 0.6) is 0 Å². The monoisotopic (exact) mass is 612 g/mol. The molecule has 1 fully saturated rings. The molecule has 0 radical (unpaired) electrons. The largest absolute Gasteiger partial charge is 0.450 e. The molecule has 1 N–H and O–H groups in total. The number of benzene rings is 1. The molecular weight excluding hydrogens is 595 g/mol. The second-order valence-corrected chi connectivity index (χ2v) is 9.06. The van der Waals surface area contributed by atoms with E-state index in [1.54, 1.807) is 0 Å². The average Bonchev–Trinajstić information content (AvgIpc) is 2.32. The van der Waals surface area contributed by atoms with Crippen LogP contribution in [0.15, 0.2) is 12.1 Å². The predicted octanol–water partition coefficient (Wildman–Crippen LogP) is 2.72. The molecule has 1 aromatic rings. The third kappa shape index (κ3) is 4.19. The number of ether oxygens (including phenoxy) is 1. The van der Waals surface area contributed by atoms with Crippen LogP contribution in [0.4, 0.5) is 0 Å². The molecule has 1 saturated heterocycles. The topological polar surface area (TPSA) is 30.7 Å². The maximum atomic E-state index is 12.5. The van der Waals surface area contributed by atoms with Gasteiger partial charge in [-0.05, 0) is 93.2 Å². The number of nitrogens with one attached hydrogen (secondary N) is 1. The maximum absolute atomic E-state index is 12.5. The number of piperidine rings is 1. The highest BCUT2D eigenvalue weighted by atomic mass is 127. The Labute approximate surface area is 160 Å². The molecule has 6 heteroatoms. The second kappa shape index (κ2) is 6.95. The van der Waals surface area contributed by atoms with E-state index < -0.39 is 0 Å². The average molecular weight is 612 g/mol. The van der Waals surface area contributed by atoms with Crippen LogP contribution in [0.3, 0.4) is 0 Å². The molecule has 0 aromatic heterocycles. The highest BCUT2D eigenvalue weighted by molar-refractivity contribution is 14.1. The summed E-state index contributed by atoms with van der Waals surface area (Å²) in [5.74, 6) is -0.192. The summed E-state index contributed by atoms with van der Waals surface area (Å²) in [7, 11) is 2.16. The number of carbonyl (C=O) groups excluding carboxylic acids is 1. The smallest absolute Gasteiger partial charge is 0.340 e. The van der Waals surface area contributed by atoms with Crippen LogP contribution < -0.4 is 4.90 Å². The van der Waals surface area contributed by atoms with Gasteiger partial charge in [-0.1, -0.05) is 0 Å². The summed E-state index contributed by atoms with van der Waals surface area (Å²) in [5, 5.41) is 0. The van der Waals surface area contributed by atoms with Crippen molar-refractivity contribution in [1.29, 1.82) is 0 Å². The molecule has 2 atom stereocenters. The third-order valence-corrected chi connectivity index (χ3v) is 7.20. The van der Waals surface area contributed by atoms with E-state index in [1.807, 2.05) is 6.07 Å². The van der Waals surface area contributed by atoms with Gasteiger partial charge in [0.15, 0.2) is 5.60 Å². The zero-order valence-corrected chi connectivity index (χ0v) is 17.9. The fraction of sp³-hybridized carbons (Fsp3) is 0.500. The standard InChI is InChI=1S/C14H16I3NO2/c1-14(4-3-5-18(2)8-14)20-13(19)10-6-9(15)7-11(16)12(10)17/h6-7H,3-5,8H2,1-2H3/p+1. The lowest BCUT2D eigenvalue weighted by atomic mass is 9.95. The Bertz CT molecular complexity index is 535. The molecular formula is C14H17I3NO2+. The molecule has 1 aliphatic heterocycles. The number of likely N-dealkylation sites (tertiary alicyclic amines) is 1. The van der Waals surface area contributed by atoms with Crippen LogP contribution in [-0.4, -0.2) is 31.7 Å². The van der Waals surface area contributed by atoms with Crippen molar-refractivity contribution < 1.29 is 14.4 Å². The summed E-state index contributed by atoms with van der Waals surface area (Å²) in [6.07, 6.45) is 2.06. The lowest BCUT2D eigenvalue weighted by Crippen LogP contribution is -3.12. The van der Waals surface area contributed by atoms with Gasteiger partial charge in [0.05, 0.1) is 19.2 Å². The van der Waals surface area contributed by atoms with Gasteiger partial charge in [-0.15, -0.1) is 0 Å². The molecule has 0 bridgehead atoms. The van der Waals surface area contributed by atoms with Gasteiger partial charge in [0.2, 0.25) is 0 Å². The number of likely N-dealkylation sites (N-methyl/N-ethyl adjacent to an activating group) is 1. The minimum absolute atomic E-state index is 0.192. The molecule has 0 amide bonds. The first-order chi connectivity index (χ1) is 9.31. The number of quaternary nitrogens is 1. The maximum Gasteiger partial charge on any atom is 0.340 e. The van der Waals surface area contributed by atoms with Crippen LogP contribution in [0.25, 0.3) is 0 Å². The number of hydrogen-bond donors (Lipinski definition) is 1. The van der Waals surface area contributed by atoms with Gasteiger partial charge in [0.1, 0.15) is 6.54 Å². The Kier molecular flexibility index (Phi) is 5.97. The fourth-order valence-corrected chi connectivity index (χ4v) is 5.03. The van der Waals surface area contributed by atoms with E-state index in [0.29, 0.717) is 5.56 Å². The molecule has 0 saturated carbocycles. The van der Waals surface area contributed by atoms with Crippen molar-refractivity contribution in [3.8, 4) is 0 Å². The van der Waals surface area contributed by atoms with Crippen molar-refractivity contribution in [3.63, 3.8) is 0 Å². The lowest BCUT2D eigenvalue weighted by Gasteiger charge is -2.35. The van der Waals surface area contributed by atoms with E-state index in [9.17, 15) is 4.79 Å². The Hall–Kier alpha value is 0.840. The number of hydrogen-bond acceptors (Lipinski definition) is 2. The van der Waals surface area contributed by atoms with E-state index in [0.717, 1.165) is 36.6 Å². The first-order valence-electron chi connectivity index (χ1n) is 6.50. The summed E-state index contributed by atoms with van der Waals surface area (Å²) in [6, 6.07) is 3.98. The van der Waals surface area contributed by atoms with Crippen LogP contribution in [0, 0.1) is 10.7 Å². The zero-order chi connectivity index (χ0) is 14.9. The van der Waals surface area contributed by atoms with Gasteiger partial charge in [0.25, 0.3) is 0 Å². The lowest BCUT2D eigenvalue weighted by molar-refractivity contribution is -0.891. The van der Waals surface area contributed by atoms with Crippen LogP contribution in [0.1, 0.15) is 30.1 Å². The Morgan fingerprint density at radius 2 is 2.05 bits per heavy atom. The number of halogens is 3. The van der Waals surface area contributed by atoms with E-state index in [1.165, 1.54) is 4.90 Å². The highest BCUT2D eigenvalue weighted by Gasteiger charge is 2.36. The van der Waals surface area contributed by atoms with Crippen LogP contribution in [0.2, 0.25) is 0 Å². The first kappa shape index (κ1) is 17.2. The molecule has 2 unspecified atom stereocenters. The van der Waals surface area contributed by atoms with Gasteiger partial charge in [0, 0.05) is 17.1 Å². The fourth-order valence-electron chi connectivity index (χ4n) is 2.65. The summed E-state index contributed by atoms with van der Waals surface area (Å²) >= 11 is 6.72. The zero-order valence-electron chi connectivity index (χ0n) is 11.4. The quantitative estimate of drug-likeness (QED) is 0.317. The van der Waals surface area contributed by atoms with E-state index in [-0.39, 0.29) is 11.6 Å². The molecule has 1 heterocycles. The van der Waals surface area contributed by atoms with Gasteiger partial charge < -0.3 is 9.64 Å². The Morgan fingerprint density at radius 1 is 1.35 bits per heavy atom. The molecule has 0 aliphatic carbocycles. The van der Waals surface area contributed by atoms with Crippen molar-refractivity contribution in [2.75, 3.05) is 20.1 Å². The predicted molar refractivity (Wildman–Crippen MR) is 104 cm³/mol. The summed E-state index contributed by atoms with van der Waals surface area (Å²) in [5.41, 5.74) is 0.348. The van der Waals surface area contributed by atoms with Gasteiger partial charge >= 0.3 is 5.97 Å². The molecule has 1 aliphatic rings. The minimum atomic E-state index is -0.338. The summed E-state index contributed by atoms with van der Waals surface area (Å²) in [6.45, 7) is 4.10. The van der Waals surface area contributed by atoms with Crippen LogP contribution in [-0.2, 0) is 4.74 Å². The van der Waals surface area contributed by atoms with Gasteiger partial charge in [-0.2, -0.15) is 0 Å². The van der Waals surface area contributed by atoms with Crippen molar-refractivity contribution in [3.05, 3.63) is 28.4 Å². The third-order valence-electron chi connectivity index (χ3n) is 3.54. The van der Waals surface area contributed by atoms with E-state index in [2.05, 4.69) is 87.8 Å². The molecule has 20 heavy (non-hydrogen) atoms. The molecule has 110 valence electrons. The van der Waals surface area contributed by atoms with Crippen molar-refractivity contribution >= 4 is 73.7 Å². The van der Waals surface area contributed by atoms with Crippen LogP contribution >= 0.6 is 67.8 Å².